The first kappa shape index (κ1) is 11.5. The summed E-state index contributed by atoms with van der Waals surface area (Å²) in [7, 11) is 0. The second-order valence-electron chi connectivity index (χ2n) is 3.23. The van der Waals surface area contributed by atoms with Crippen LogP contribution in [0.25, 0.3) is 11.5 Å². The van der Waals surface area contributed by atoms with E-state index in [1.807, 2.05) is 6.92 Å². The van der Waals surface area contributed by atoms with Gasteiger partial charge in [0.25, 0.3) is 0 Å². The summed E-state index contributed by atoms with van der Waals surface area (Å²) in [6, 6.07) is 3.38. The van der Waals surface area contributed by atoms with Crippen molar-refractivity contribution in [2.45, 2.75) is 6.92 Å². The van der Waals surface area contributed by atoms with Gasteiger partial charge < -0.3 is 4.98 Å². The third-order valence-corrected chi connectivity index (χ3v) is 2.61. The first-order valence-electron chi connectivity index (χ1n) is 4.45. The van der Waals surface area contributed by atoms with Crippen LogP contribution in [0, 0.1) is 11.6 Å². The maximum Gasteiger partial charge on any atom is 0.159 e. The van der Waals surface area contributed by atoms with Crippen LogP contribution >= 0.6 is 35.4 Å². The summed E-state index contributed by atoms with van der Waals surface area (Å²) < 4.78 is 0.499. The molecule has 0 spiro atoms. The second-order valence-corrected chi connectivity index (χ2v) is 4.50. The summed E-state index contributed by atoms with van der Waals surface area (Å²) in [6.45, 7) is 1.89. The summed E-state index contributed by atoms with van der Waals surface area (Å²) in [5.41, 5.74) is 1.45. The van der Waals surface area contributed by atoms with E-state index in [9.17, 15) is 0 Å². The molecule has 0 aliphatic carbocycles. The van der Waals surface area contributed by atoms with Gasteiger partial charge in [-0.1, -0.05) is 35.4 Å². The Hall–Kier alpha value is -0.970. The monoisotopic (exact) mass is 271 g/mol. The van der Waals surface area contributed by atoms with E-state index < -0.39 is 0 Å². The van der Waals surface area contributed by atoms with Crippen LogP contribution in [0.5, 0.6) is 0 Å². The van der Waals surface area contributed by atoms with Gasteiger partial charge in [0.1, 0.15) is 10.3 Å². The fourth-order valence-electron chi connectivity index (χ4n) is 1.28. The Labute approximate surface area is 107 Å². The van der Waals surface area contributed by atoms with E-state index in [1.165, 1.54) is 6.20 Å². The van der Waals surface area contributed by atoms with Crippen LogP contribution in [0.1, 0.15) is 5.69 Å². The molecule has 0 radical (unpaired) electrons. The molecule has 0 aliphatic heterocycles. The topological polar surface area (TPSA) is 41.6 Å². The molecule has 0 aliphatic rings. The molecule has 1 N–H and O–H groups in total. The molecule has 2 aromatic heterocycles. The van der Waals surface area contributed by atoms with E-state index in [0.717, 1.165) is 5.69 Å². The van der Waals surface area contributed by atoms with Crippen LogP contribution in [0.2, 0.25) is 10.0 Å². The largest absolute Gasteiger partial charge is 0.342 e. The molecular weight excluding hydrogens is 265 g/mol. The van der Waals surface area contributed by atoms with E-state index in [1.54, 1.807) is 12.1 Å². The zero-order valence-electron chi connectivity index (χ0n) is 8.29. The van der Waals surface area contributed by atoms with Gasteiger partial charge in [-0.2, -0.15) is 0 Å². The molecule has 3 nitrogen and oxygen atoms in total. The van der Waals surface area contributed by atoms with Crippen LogP contribution in [0.4, 0.5) is 0 Å². The number of H-pyrrole nitrogens is 1. The second kappa shape index (κ2) is 4.49. The number of nitrogens with zero attached hydrogens (tertiary/aromatic N) is 2. The summed E-state index contributed by atoms with van der Waals surface area (Å²) in [6.07, 6.45) is 1.52. The van der Waals surface area contributed by atoms with Crippen molar-refractivity contribution in [3.63, 3.8) is 0 Å². The Morgan fingerprint density at radius 2 is 2.06 bits per heavy atom. The highest BCUT2D eigenvalue weighted by Crippen LogP contribution is 2.25. The summed E-state index contributed by atoms with van der Waals surface area (Å²) in [5.74, 6) is 0.548. The average molecular weight is 272 g/mol. The van der Waals surface area contributed by atoms with Crippen molar-refractivity contribution in [3.05, 3.63) is 38.7 Å². The number of aromatic amines is 1. The maximum absolute atomic E-state index is 6.03. The molecular formula is C10H7Cl2N3S. The fraction of sp³-hybridized carbons (Fsp3) is 0.100. The van der Waals surface area contributed by atoms with Gasteiger partial charge in [0.15, 0.2) is 5.82 Å². The molecule has 0 atom stereocenters. The quantitative estimate of drug-likeness (QED) is 0.802. The van der Waals surface area contributed by atoms with E-state index in [-0.39, 0.29) is 0 Å². The Balaban J connectivity index is 2.63. The lowest BCUT2D eigenvalue weighted by Crippen LogP contribution is -1.95. The minimum absolute atomic E-state index is 0.441. The van der Waals surface area contributed by atoms with Crippen LogP contribution in [-0.4, -0.2) is 15.0 Å². The predicted octanol–water partition coefficient (Wildman–Crippen LogP) is 3.82. The molecule has 82 valence electrons. The minimum Gasteiger partial charge on any atom is -0.342 e. The number of hydrogen-bond donors (Lipinski definition) is 1. The van der Waals surface area contributed by atoms with Gasteiger partial charge in [0.2, 0.25) is 0 Å². The van der Waals surface area contributed by atoms with Crippen molar-refractivity contribution in [2.75, 3.05) is 0 Å². The third-order valence-electron chi connectivity index (χ3n) is 1.91. The molecule has 2 heterocycles. The van der Waals surface area contributed by atoms with Crippen molar-refractivity contribution < 1.29 is 0 Å². The number of aromatic nitrogens is 3. The lowest BCUT2D eigenvalue weighted by Gasteiger charge is -2.04. The molecule has 2 rings (SSSR count). The normalized spacial score (nSPS) is 10.4. The van der Waals surface area contributed by atoms with Gasteiger partial charge in [0.05, 0.1) is 10.0 Å². The van der Waals surface area contributed by atoms with Gasteiger partial charge in [-0.3, -0.25) is 0 Å². The van der Waals surface area contributed by atoms with Crippen LogP contribution in [0.3, 0.4) is 0 Å². The number of hydrogen-bond acceptors (Lipinski definition) is 3. The molecule has 0 bridgehead atoms. The Kier molecular flexibility index (Phi) is 3.23. The molecule has 0 saturated heterocycles. The van der Waals surface area contributed by atoms with E-state index in [0.29, 0.717) is 26.2 Å². The first-order chi connectivity index (χ1) is 7.56. The van der Waals surface area contributed by atoms with Crippen molar-refractivity contribution in [3.8, 4) is 11.5 Å². The van der Waals surface area contributed by atoms with Gasteiger partial charge in [-0.05, 0) is 19.1 Å². The van der Waals surface area contributed by atoms with Crippen molar-refractivity contribution in [1.29, 1.82) is 0 Å². The lowest BCUT2D eigenvalue weighted by molar-refractivity contribution is 1.08. The van der Waals surface area contributed by atoms with Crippen molar-refractivity contribution >= 4 is 35.4 Å². The molecule has 0 fully saturated rings. The maximum atomic E-state index is 6.03. The number of halogens is 2. The van der Waals surface area contributed by atoms with Crippen LogP contribution in [-0.2, 0) is 0 Å². The molecule has 0 unspecified atom stereocenters. The number of aryl methyl sites for hydroxylation is 1. The molecule has 0 amide bonds. The third kappa shape index (κ3) is 2.40. The molecule has 16 heavy (non-hydrogen) atoms. The Bertz CT molecular complexity index is 595. The fourth-order valence-corrected chi connectivity index (χ4v) is 2.02. The van der Waals surface area contributed by atoms with E-state index in [4.69, 9.17) is 35.4 Å². The first-order valence-corrected chi connectivity index (χ1v) is 5.62. The number of rotatable bonds is 1. The van der Waals surface area contributed by atoms with Gasteiger partial charge in [0, 0.05) is 11.9 Å². The van der Waals surface area contributed by atoms with Crippen LogP contribution in [0.15, 0.2) is 18.3 Å². The molecule has 0 saturated carbocycles. The highest BCUT2D eigenvalue weighted by Gasteiger charge is 2.08. The summed E-state index contributed by atoms with van der Waals surface area (Å²) in [5, 5.41) is 0.927. The SMILES string of the molecule is Cc1cc(=S)nc(-c2ncc(Cl)cc2Cl)[nH]1. The predicted molar refractivity (Wildman–Crippen MR) is 67.4 cm³/mol. The number of pyridine rings is 1. The Morgan fingerprint density at radius 1 is 1.31 bits per heavy atom. The molecule has 0 aromatic carbocycles. The Morgan fingerprint density at radius 3 is 2.69 bits per heavy atom. The smallest absolute Gasteiger partial charge is 0.159 e. The molecule has 6 heteroatoms. The lowest BCUT2D eigenvalue weighted by atomic mass is 10.3. The van der Waals surface area contributed by atoms with Crippen LogP contribution < -0.4 is 0 Å². The van der Waals surface area contributed by atoms with Crippen molar-refractivity contribution in [2.24, 2.45) is 0 Å². The van der Waals surface area contributed by atoms with Gasteiger partial charge in [-0.15, -0.1) is 0 Å². The minimum atomic E-state index is 0.441. The zero-order valence-corrected chi connectivity index (χ0v) is 10.6. The van der Waals surface area contributed by atoms with E-state index >= 15 is 0 Å². The van der Waals surface area contributed by atoms with Crippen molar-refractivity contribution in [1.82, 2.24) is 15.0 Å². The molecule has 2 aromatic rings. The zero-order chi connectivity index (χ0) is 11.7. The van der Waals surface area contributed by atoms with Gasteiger partial charge >= 0.3 is 0 Å². The average Bonchev–Trinajstić information content (AvgIpc) is 2.15. The van der Waals surface area contributed by atoms with Gasteiger partial charge in [-0.25, -0.2) is 9.97 Å². The highest BCUT2D eigenvalue weighted by molar-refractivity contribution is 7.71. The number of nitrogens with one attached hydrogen (secondary N) is 1. The summed E-state index contributed by atoms with van der Waals surface area (Å²) >= 11 is 16.8. The highest BCUT2D eigenvalue weighted by atomic mass is 35.5. The standard InChI is InChI=1S/C10H7Cl2N3S/c1-5-2-8(16)15-10(14-5)9-7(12)3-6(11)4-13-9/h2-4H,1H3,(H,14,15,16). The summed E-state index contributed by atoms with van der Waals surface area (Å²) in [4.78, 5) is 11.3. The van der Waals surface area contributed by atoms with E-state index in [2.05, 4.69) is 15.0 Å².